The van der Waals surface area contributed by atoms with Crippen LogP contribution in [0.2, 0.25) is 0 Å². The molecular formula is C22H32N4O4. The molecular weight excluding hydrogens is 384 g/mol. The van der Waals surface area contributed by atoms with Gasteiger partial charge >= 0.3 is 12.1 Å². The summed E-state index contributed by atoms with van der Waals surface area (Å²) in [6, 6.07) is 6.63. The van der Waals surface area contributed by atoms with E-state index < -0.39 is 11.5 Å². The number of ether oxygens (including phenoxy) is 1. The second-order valence-corrected chi connectivity index (χ2v) is 9.36. The predicted octanol–water partition coefficient (Wildman–Crippen LogP) is 2.62. The lowest BCUT2D eigenvalue weighted by Crippen LogP contribution is -2.43. The van der Waals surface area contributed by atoms with Gasteiger partial charge in [-0.05, 0) is 69.1 Å². The van der Waals surface area contributed by atoms with Gasteiger partial charge in [-0.15, -0.1) is 0 Å². The molecule has 1 saturated carbocycles. The molecule has 0 aromatic heterocycles. The second kappa shape index (κ2) is 8.53. The number of rotatable bonds is 5. The van der Waals surface area contributed by atoms with Gasteiger partial charge in [0.05, 0.1) is 0 Å². The molecule has 8 heteroatoms. The maximum atomic E-state index is 12.2. The fourth-order valence-corrected chi connectivity index (χ4v) is 4.04. The maximum absolute atomic E-state index is 12.2. The molecule has 1 aromatic carbocycles. The van der Waals surface area contributed by atoms with E-state index in [9.17, 15) is 14.4 Å². The highest BCUT2D eigenvalue weighted by atomic mass is 16.6. The second-order valence-electron chi connectivity index (χ2n) is 9.36. The number of nitrogens with two attached hydrogens (primary N) is 1. The molecule has 1 aromatic rings. The lowest BCUT2D eigenvalue weighted by atomic mass is 9.91. The standard InChI is InChI=1S/C22H32N4O4/c1-21(2,3)30-20(29)26-10-8-22(9-11-26)12-17(22)14-25-19(28)24-13-15-4-6-16(7-5-15)18(23)27/h4-7,17H,8-14H2,1-3H3,(H2,23,27)(H2,24,25,28). The molecule has 8 nitrogen and oxygen atoms in total. The summed E-state index contributed by atoms with van der Waals surface area (Å²) < 4.78 is 5.45. The van der Waals surface area contributed by atoms with E-state index in [2.05, 4.69) is 10.6 Å². The van der Waals surface area contributed by atoms with Crippen LogP contribution in [0, 0.1) is 11.3 Å². The number of urea groups is 1. The SMILES string of the molecule is CC(C)(C)OC(=O)N1CCC2(CC1)CC2CNC(=O)NCc1ccc(C(N)=O)cc1. The normalized spacial score (nSPS) is 19.8. The van der Waals surface area contributed by atoms with E-state index in [1.54, 1.807) is 29.2 Å². The van der Waals surface area contributed by atoms with Crippen molar-refractivity contribution in [1.82, 2.24) is 15.5 Å². The summed E-state index contributed by atoms with van der Waals surface area (Å²) in [6.07, 6.45) is 2.75. The minimum Gasteiger partial charge on any atom is -0.444 e. The lowest BCUT2D eigenvalue weighted by Gasteiger charge is -2.34. The molecule has 0 bridgehead atoms. The number of carbonyl (C=O) groups is 3. The van der Waals surface area contributed by atoms with Crippen molar-refractivity contribution in [2.45, 2.75) is 52.2 Å². The number of nitrogens with zero attached hydrogens (tertiary/aromatic N) is 1. The van der Waals surface area contributed by atoms with Gasteiger partial charge in [0.15, 0.2) is 0 Å². The van der Waals surface area contributed by atoms with Crippen molar-refractivity contribution < 1.29 is 19.1 Å². The topological polar surface area (TPSA) is 114 Å². The van der Waals surface area contributed by atoms with E-state index in [1.807, 2.05) is 20.8 Å². The average molecular weight is 417 g/mol. The summed E-state index contributed by atoms with van der Waals surface area (Å²) in [5, 5.41) is 5.78. The number of benzene rings is 1. The summed E-state index contributed by atoms with van der Waals surface area (Å²) in [5.74, 6) is -0.0126. The number of likely N-dealkylation sites (tertiary alicyclic amines) is 1. The third-order valence-corrected chi connectivity index (χ3v) is 5.97. The molecule has 0 radical (unpaired) electrons. The first-order valence-electron chi connectivity index (χ1n) is 10.5. The van der Waals surface area contributed by atoms with Crippen molar-refractivity contribution in [3.63, 3.8) is 0 Å². The zero-order chi connectivity index (χ0) is 21.9. The van der Waals surface area contributed by atoms with E-state index in [0.717, 1.165) is 24.8 Å². The van der Waals surface area contributed by atoms with Gasteiger partial charge in [0.25, 0.3) is 0 Å². The van der Waals surface area contributed by atoms with Crippen LogP contribution in [0.4, 0.5) is 9.59 Å². The van der Waals surface area contributed by atoms with E-state index >= 15 is 0 Å². The van der Waals surface area contributed by atoms with Crippen LogP contribution in [0.5, 0.6) is 0 Å². The Labute approximate surface area is 177 Å². The number of amides is 4. The lowest BCUT2D eigenvalue weighted by molar-refractivity contribution is 0.0165. The molecule has 1 aliphatic carbocycles. The molecule has 164 valence electrons. The molecule has 30 heavy (non-hydrogen) atoms. The molecule has 1 saturated heterocycles. The van der Waals surface area contributed by atoms with Crippen LogP contribution in [0.3, 0.4) is 0 Å². The molecule has 2 fully saturated rings. The minimum atomic E-state index is -0.477. The van der Waals surface area contributed by atoms with E-state index in [1.165, 1.54) is 0 Å². The quantitative estimate of drug-likeness (QED) is 0.684. The van der Waals surface area contributed by atoms with Gasteiger partial charge in [0.2, 0.25) is 5.91 Å². The zero-order valence-electron chi connectivity index (χ0n) is 18.0. The Hall–Kier alpha value is -2.77. The van der Waals surface area contributed by atoms with Gasteiger partial charge in [-0.25, -0.2) is 9.59 Å². The van der Waals surface area contributed by atoms with Crippen molar-refractivity contribution in [3.05, 3.63) is 35.4 Å². The smallest absolute Gasteiger partial charge is 0.410 e. The van der Waals surface area contributed by atoms with Gasteiger partial charge in [-0.1, -0.05) is 12.1 Å². The van der Waals surface area contributed by atoms with Gasteiger partial charge < -0.3 is 26.0 Å². The van der Waals surface area contributed by atoms with Crippen LogP contribution in [-0.4, -0.2) is 48.2 Å². The zero-order valence-corrected chi connectivity index (χ0v) is 18.0. The first-order valence-corrected chi connectivity index (χ1v) is 10.5. The molecule has 1 unspecified atom stereocenters. The highest BCUT2D eigenvalue weighted by Crippen LogP contribution is 2.59. The third-order valence-electron chi connectivity index (χ3n) is 5.97. The highest BCUT2D eigenvalue weighted by Gasteiger charge is 2.55. The van der Waals surface area contributed by atoms with Crippen LogP contribution in [-0.2, 0) is 11.3 Å². The van der Waals surface area contributed by atoms with Crippen molar-refractivity contribution in [3.8, 4) is 0 Å². The fraction of sp³-hybridized carbons (Fsp3) is 0.591. The van der Waals surface area contributed by atoms with Gasteiger partial charge in [-0.2, -0.15) is 0 Å². The number of primary amides is 1. The van der Waals surface area contributed by atoms with E-state index in [0.29, 0.717) is 37.7 Å². The van der Waals surface area contributed by atoms with Gasteiger partial charge in [-0.3, -0.25) is 4.79 Å². The number of carbonyl (C=O) groups excluding carboxylic acids is 3. The Balaban J connectivity index is 1.35. The number of nitrogens with one attached hydrogen (secondary N) is 2. The Morgan fingerprint density at radius 3 is 2.33 bits per heavy atom. The number of piperidine rings is 1. The van der Waals surface area contributed by atoms with E-state index in [4.69, 9.17) is 10.5 Å². The van der Waals surface area contributed by atoms with Crippen LogP contribution >= 0.6 is 0 Å². The molecule has 1 aliphatic heterocycles. The molecule has 3 rings (SSSR count). The van der Waals surface area contributed by atoms with Crippen LogP contribution < -0.4 is 16.4 Å². The Bertz CT molecular complexity index is 792. The third kappa shape index (κ3) is 5.64. The summed E-state index contributed by atoms with van der Waals surface area (Å²) in [5.41, 5.74) is 6.33. The van der Waals surface area contributed by atoms with Crippen molar-refractivity contribution >= 4 is 18.0 Å². The monoisotopic (exact) mass is 416 g/mol. The van der Waals surface area contributed by atoms with Crippen LogP contribution in [0.25, 0.3) is 0 Å². The largest absolute Gasteiger partial charge is 0.444 e. The number of hydrogen-bond acceptors (Lipinski definition) is 4. The summed E-state index contributed by atoms with van der Waals surface area (Å²) in [6.45, 7) is 8.06. The first-order chi connectivity index (χ1) is 14.1. The summed E-state index contributed by atoms with van der Waals surface area (Å²) >= 11 is 0. The Morgan fingerprint density at radius 2 is 1.77 bits per heavy atom. The molecule has 1 spiro atoms. The van der Waals surface area contributed by atoms with E-state index in [-0.39, 0.29) is 17.5 Å². The summed E-state index contributed by atoms with van der Waals surface area (Å²) in [4.78, 5) is 37.2. The predicted molar refractivity (Wildman–Crippen MR) is 113 cm³/mol. The molecule has 1 atom stereocenters. The van der Waals surface area contributed by atoms with Crippen LogP contribution in [0.15, 0.2) is 24.3 Å². The maximum Gasteiger partial charge on any atom is 0.410 e. The average Bonchev–Trinajstić information content (AvgIpc) is 3.35. The van der Waals surface area contributed by atoms with Gasteiger partial charge in [0.1, 0.15) is 5.60 Å². The molecule has 2 aliphatic rings. The minimum absolute atomic E-state index is 0.206. The highest BCUT2D eigenvalue weighted by molar-refractivity contribution is 5.92. The fourth-order valence-electron chi connectivity index (χ4n) is 4.04. The molecule has 4 amide bonds. The molecule has 1 heterocycles. The van der Waals surface area contributed by atoms with Crippen molar-refractivity contribution in [2.75, 3.05) is 19.6 Å². The molecule has 4 N–H and O–H groups in total. The van der Waals surface area contributed by atoms with Crippen molar-refractivity contribution in [1.29, 1.82) is 0 Å². The Morgan fingerprint density at radius 1 is 1.13 bits per heavy atom. The van der Waals surface area contributed by atoms with Crippen LogP contribution in [0.1, 0.15) is 56.0 Å². The summed E-state index contributed by atoms with van der Waals surface area (Å²) in [7, 11) is 0. The van der Waals surface area contributed by atoms with Crippen molar-refractivity contribution in [2.24, 2.45) is 17.1 Å². The van der Waals surface area contributed by atoms with Gasteiger partial charge in [0, 0.05) is 31.7 Å². The Kier molecular flexibility index (Phi) is 6.24. The first kappa shape index (κ1) is 21.9. The number of hydrogen-bond donors (Lipinski definition) is 3.